The Balaban J connectivity index is 2.37. The second-order valence-electron chi connectivity index (χ2n) is 7.40. The van der Waals surface area contributed by atoms with Crippen LogP contribution in [0.15, 0.2) is 12.3 Å². The number of hydrogen-bond acceptors (Lipinski definition) is 2. The zero-order chi connectivity index (χ0) is 16.3. The summed E-state index contributed by atoms with van der Waals surface area (Å²) in [5, 5.41) is 3.42. The topological polar surface area (TPSA) is 24.9 Å². The van der Waals surface area contributed by atoms with Gasteiger partial charge in [0, 0.05) is 37.0 Å². The normalized spacial score (nSPS) is 15.0. The molecule has 2 rings (SSSR count). The molecule has 0 radical (unpaired) electrons. The molecular weight excluding hydrogens is 284 g/mol. The molecule has 1 aliphatic heterocycles. The van der Waals surface area contributed by atoms with E-state index in [1.54, 1.807) is 0 Å². The van der Waals surface area contributed by atoms with Crippen molar-refractivity contribution in [1.29, 1.82) is 0 Å². The van der Waals surface area contributed by atoms with E-state index in [0.29, 0.717) is 16.6 Å². The molecule has 1 N–H and O–H groups in total. The lowest BCUT2D eigenvalue weighted by molar-refractivity contribution is 0.630. The fourth-order valence-corrected chi connectivity index (χ4v) is 9.26. The van der Waals surface area contributed by atoms with Crippen molar-refractivity contribution in [2.45, 2.75) is 71.1 Å². The van der Waals surface area contributed by atoms with Crippen LogP contribution < -0.4 is 5.32 Å². The van der Waals surface area contributed by atoms with Crippen LogP contribution >= 0.6 is 0 Å². The monoisotopic (exact) mass is 314 g/mol. The maximum absolute atomic E-state index is 4.63. The number of rotatable bonds is 3. The van der Waals surface area contributed by atoms with E-state index in [1.165, 1.54) is 11.3 Å². The first kappa shape index (κ1) is 17.2. The van der Waals surface area contributed by atoms with Crippen LogP contribution in [0.2, 0.25) is 16.6 Å². The Kier molecular flexibility index (Phi) is 5.47. The summed E-state index contributed by atoms with van der Waals surface area (Å²) < 4.78 is 0. The molecule has 0 fully saturated rings. The van der Waals surface area contributed by atoms with Crippen LogP contribution in [-0.4, -0.2) is 19.6 Å². The summed E-state index contributed by atoms with van der Waals surface area (Å²) in [5.41, 5.74) is 9.45. The molecule has 3 heteroatoms. The van der Waals surface area contributed by atoms with Gasteiger partial charge in [0.2, 0.25) is 0 Å². The van der Waals surface area contributed by atoms with Crippen molar-refractivity contribution in [1.82, 2.24) is 10.3 Å². The van der Waals surface area contributed by atoms with Gasteiger partial charge in [0.25, 0.3) is 0 Å². The number of pyridine rings is 1. The lowest BCUT2D eigenvalue weighted by atomic mass is 10.1. The molecule has 0 amide bonds. The lowest BCUT2D eigenvalue weighted by Crippen LogP contribution is -2.43. The first-order chi connectivity index (χ1) is 10.4. The summed E-state index contributed by atoms with van der Waals surface area (Å²) in [4.78, 5) is 4.63. The van der Waals surface area contributed by atoms with Gasteiger partial charge in [-0.25, -0.2) is 0 Å². The molecule has 0 unspecified atom stereocenters. The maximum Gasteiger partial charge on any atom is 0.146 e. The highest BCUT2D eigenvalue weighted by Crippen LogP contribution is 2.40. The first-order valence-corrected chi connectivity index (χ1v) is 10.8. The van der Waals surface area contributed by atoms with Crippen LogP contribution in [0.5, 0.6) is 0 Å². The smallest absolute Gasteiger partial charge is 0.146 e. The van der Waals surface area contributed by atoms with Gasteiger partial charge < -0.3 is 5.32 Å². The molecule has 1 aromatic rings. The van der Waals surface area contributed by atoms with Crippen molar-refractivity contribution >= 4 is 8.07 Å². The molecule has 22 heavy (non-hydrogen) atoms. The SMILES string of the molecule is CC(C)[Si](C#Cc1cnc2c(c1)CNCC2)(C(C)C)C(C)C. The largest absolute Gasteiger partial charge is 0.312 e. The van der Waals surface area contributed by atoms with Crippen LogP contribution in [0, 0.1) is 11.5 Å². The summed E-state index contributed by atoms with van der Waals surface area (Å²) in [6.45, 7) is 16.1. The lowest BCUT2D eigenvalue weighted by Gasteiger charge is -2.38. The predicted octanol–water partition coefficient (Wildman–Crippen LogP) is 4.30. The highest BCUT2D eigenvalue weighted by atomic mass is 28.3. The average Bonchev–Trinajstić information content (AvgIpc) is 2.46. The van der Waals surface area contributed by atoms with Crippen molar-refractivity contribution in [2.24, 2.45) is 0 Å². The van der Waals surface area contributed by atoms with Gasteiger partial charge in [-0.3, -0.25) is 4.98 Å². The molecule has 0 aliphatic carbocycles. The summed E-state index contributed by atoms with van der Waals surface area (Å²) in [6.07, 6.45) is 3.00. The Bertz CT molecular complexity index is 557. The summed E-state index contributed by atoms with van der Waals surface area (Å²) in [5.74, 6) is 3.50. The third-order valence-corrected chi connectivity index (χ3v) is 11.5. The highest BCUT2D eigenvalue weighted by molar-refractivity contribution is 6.90. The van der Waals surface area contributed by atoms with E-state index < -0.39 is 8.07 Å². The van der Waals surface area contributed by atoms with Crippen molar-refractivity contribution in [3.63, 3.8) is 0 Å². The zero-order valence-electron chi connectivity index (χ0n) is 15.0. The molecule has 0 atom stereocenters. The van der Waals surface area contributed by atoms with Crippen LogP contribution in [0.25, 0.3) is 0 Å². The van der Waals surface area contributed by atoms with E-state index in [9.17, 15) is 0 Å². The third kappa shape index (κ3) is 3.29. The molecular formula is C19H30N2Si. The molecule has 0 saturated carbocycles. The standard InChI is InChI=1S/C19H30N2Si/c1-14(2)22(15(3)4,16(5)6)10-8-17-11-18-13-20-9-7-19(18)21-12-17/h11-12,14-16,20H,7,9,13H2,1-6H3. The Morgan fingerprint density at radius 3 is 2.32 bits per heavy atom. The molecule has 1 aromatic heterocycles. The van der Waals surface area contributed by atoms with Crippen LogP contribution in [0.3, 0.4) is 0 Å². The molecule has 0 aromatic carbocycles. The average molecular weight is 315 g/mol. The van der Waals surface area contributed by atoms with Gasteiger partial charge in [-0.05, 0) is 28.3 Å². The highest BCUT2D eigenvalue weighted by Gasteiger charge is 2.41. The van der Waals surface area contributed by atoms with E-state index in [4.69, 9.17) is 0 Å². The predicted molar refractivity (Wildman–Crippen MR) is 97.6 cm³/mol. The van der Waals surface area contributed by atoms with Crippen LogP contribution in [0.1, 0.15) is 58.4 Å². The summed E-state index contributed by atoms with van der Waals surface area (Å²) >= 11 is 0. The first-order valence-electron chi connectivity index (χ1n) is 8.59. The number of nitrogens with one attached hydrogen (secondary N) is 1. The second kappa shape index (κ2) is 6.98. The van der Waals surface area contributed by atoms with Crippen molar-refractivity contribution in [3.8, 4) is 11.5 Å². The Labute approximate surface area is 137 Å². The van der Waals surface area contributed by atoms with Gasteiger partial charge in [-0.2, -0.15) is 0 Å². The van der Waals surface area contributed by atoms with Gasteiger partial charge >= 0.3 is 0 Å². The Hall–Kier alpha value is -1.11. The van der Waals surface area contributed by atoms with E-state index in [1.807, 2.05) is 6.20 Å². The van der Waals surface area contributed by atoms with E-state index in [2.05, 4.69) is 69.4 Å². The number of aromatic nitrogens is 1. The van der Waals surface area contributed by atoms with Gasteiger partial charge in [-0.15, -0.1) is 5.54 Å². The van der Waals surface area contributed by atoms with Gasteiger partial charge in [0.1, 0.15) is 8.07 Å². The number of hydrogen-bond donors (Lipinski definition) is 1. The van der Waals surface area contributed by atoms with Crippen molar-refractivity contribution < 1.29 is 0 Å². The minimum atomic E-state index is -1.65. The van der Waals surface area contributed by atoms with Gasteiger partial charge in [0.05, 0.1) is 0 Å². The second-order valence-corrected chi connectivity index (χ2v) is 13.0. The maximum atomic E-state index is 4.63. The Morgan fingerprint density at radius 1 is 1.09 bits per heavy atom. The van der Waals surface area contributed by atoms with E-state index in [-0.39, 0.29) is 0 Å². The minimum Gasteiger partial charge on any atom is -0.312 e. The number of fused-ring (bicyclic) bond motifs is 1. The zero-order valence-corrected chi connectivity index (χ0v) is 16.0. The van der Waals surface area contributed by atoms with Gasteiger partial charge in [-0.1, -0.05) is 47.5 Å². The van der Waals surface area contributed by atoms with Gasteiger partial charge in [0.15, 0.2) is 0 Å². The molecule has 120 valence electrons. The quantitative estimate of drug-likeness (QED) is 0.665. The fraction of sp³-hybridized carbons (Fsp3) is 0.632. The molecule has 0 spiro atoms. The molecule has 2 nitrogen and oxygen atoms in total. The molecule has 0 bridgehead atoms. The van der Waals surface area contributed by atoms with Crippen molar-refractivity contribution in [2.75, 3.05) is 6.54 Å². The van der Waals surface area contributed by atoms with Crippen LogP contribution in [-0.2, 0) is 13.0 Å². The molecule has 2 heterocycles. The van der Waals surface area contributed by atoms with E-state index in [0.717, 1.165) is 25.1 Å². The number of nitrogens with zero attached hydrogens (tertiary/aromatic N) is 1. The summed E-state index contributed by atoms with van der Waals surface area (Å²) in [6, 6.07) is 2.24. The van der Waals surface area contributed by atoms with E-state index >= 15 is 0 Å². The molecule has 0 saturated heterocycles. The Morgan fingerprint density at radius 2 is 1.73 bits per heavy atom. The van der Waals surface area contributed by atoms with Crippen LogP contribution in [0.4, 0.5) is 0 Å². The molecule has 1 aliphatic rings. The fourth-order valence-electron chi connectivity index (χ4n) is 4.03. The summed E-state index contributed by atoms with van der Waals surface area (Å²) in [7, 11) is -1.65. The third-order valence-electron chi connectivity index (χ3n) is 5.20. The minimum absolute atomic E-state index is 0.673. The van der Waals surface area contributed by atoms with Crippen molar-refractivity contribution in [3.05, 3.63) is 29.1 Å².